The van der Waals surface area contributed by atoms with E-state index in [1.165, 1.54) is 0 Å². The Kier molecular flexibility index (Phi) is 3.19. The Bertz CT molecular complexity index is 1430. The fourth-order valence-electron chi connectivity index (χ4n) is 4.09. The van der Waals surface area contributed by atoms with Gasteiger partial charge >= 0.3 is 0 Å². The average molecular weight is 360 g/mol. The molecule has 0 saturated carbocycles. The van der Waals surface area contributed by atoms with Crippen molar-refractivity contribution >= 4 is 43.1 Å². The zero-order valence-electron chi connectivity index (χ0n) is 14.6. The van der Waals surface area contributed by atoms with Gasteiger partial charge in [-0.1, -0.05) is 36.4 Å². The predicted molar refractivity (Wildman–Crippen MR) is 109 cm³/mol. The molecule has 0 aliphatic carbocycles. The number of hydrogen-bond acceptors (Lipinski definition) is 4. The first-order valence-electron chi connectivity index (χ1n) is 8.69. The Labute approximate surface area is 159 Å². The molecule has 130 valence electrons. The molecule has 5 aromatic rings. The topological polar surface area (TPSA) is 88.0 Å². The minimum Gasteiger partial charge on any atom is -0.508 e. The van der Waals surface area contributed by atoms with E-state index in [9.17, 15) is 20.7 Å². The number of aromatic hydroxyl groups is 2. The van der Waals surface area contributed by atoms with E-state index in [0.29, 0.717) is 21.9 Å². The lowest BCUT2D eigenvalue weighted by Crippen LogP contribution is -1.93. The molecule has 5 aromatic carbocycles. The summed E-state index contributed by atoms with van der Waals surface area (Å²) >= 11 is 0. The van der Waals surface area contributed by atoms with Crippen LogP contribution in [0.2, 0.25) is 0 Å². The van der Waals surface area contributed by atoms with Crippen LogP contribution in [0.3, 0.4) is 0 Å². The first kappa shape index (κ1) is 15.9. The summed E-state index contributed by atoms with van der Waals surface area (Å²) in [7, 11) is 0. The van der Waals surface area contributed by atoms with Crippen molar-refractivity contribution in [3.8, 4) is 23.6 Å². The van der Waals surface area contributed by atoms with E-state index < -0.39 is 0 Å². The number of nitriles is 2. The minimum absolute atomic E-state index is 0.167. The second kappa shape index (κ2) is 5.61. The molecule has 0 amide bonds. The molecule has 28 heavy (non-hydrogen) atoms. The van der Waals surface area contributed by atoms with Crippen LogP contribution in [-0.2, 0) is 0 Å². The van der Waals surface area contributed by atoms with Crippen LogP contribution < -0.4 is 0 Å². The summed E-state index contributed by atoms with van der Waals surface area (Å²) in [5.74, 6) is 0.333. The summed E-state index contributed by atoms with van der Waals surface area (Å²) in [5.41, 5.74) is 0.691. The second-order valence-corrected chi connectivity index (χ2v) is 6.76. The molecule has 0 aromatic heterocycles. The maximum absolute atomic E-state index is 9.88. The number of nitrogens with zero attached hydrogens (tertiary/aromatic N) is 2. The van der Waals surface area contributed by atoms with Gasteiger partial charge in [-0.3, -0.25) is 0 Å². The molecule has 0 radical (unpaired) electrons. The summed E-state index contributed by atoms with van der Waals surface area (Å²) in [4.78, 5) is 0. The monoisotopic (exact) mass is 360 g/mol. The van der Waals surface area contributed by atoms with Crippen LogP contribution in [0.1, 0.15) is 11.1 Å². The third kappa shape index (κ3) is 2.03. The average Bonchev–Trinajstić information content (AvgIpc) is 2.71. The number of phenolic OH excluding ortho intramolecular Hbond substituents is 2. The number of benzene rings is 5. The zero-order chi connectivity index (χ0) is 19.4. The molecule has 2 N–H and O–H groups in total. The molecular formula is C24H12N2O2. The number of rotatable bonds is 0. The molecule has 0 aliphatic rings. The lowest BCUT2D eigenvalue weighted by atomic mass is 9.87. The van der Waals surface area contributed by atoms with Crippen molar-refractivity contribution in [1.29, 1.82) is 10.5 Å². The van der Waals surface area contributed by atoms with Crippen molar-refractivity contribution in [2.24, 2.45) is 0 Å². The summed E-state index contributed by atoms with van der Waals surface area (Å²) in [6, 6.07) is 22.0. The first-order chi connectivity index (χ1) is 13.6. The number of hydrogen-bond donors (Lipinski definition) is 2. The van der Waals surface area contributed by atoms with Gasteiger partial charge in [0.25, 0.3) is 0 Å². The van der Waals surface area contributed by atoms with Crippen LogP contribution in [0.5, 0.6) is 11.5 Å². The van der Waals surface area contributed by atoms with Gasteiger partial charge in [0.05, 0.1) is 11.1 Å². The van der Waals surface area contributed by atoms with Crippen molar-refractivity contribution in [2.75, 3.05) is 0 Å². The van der Waals surface area contributed by atoms with Crippen LogP contribution in [-0.4, -0.2) is 10.2 Å². The van der Waals surface area contributed by atoms with Crippen molar-refractivity contribution in [3.63, 3.8) is 0 Å². The third-order valence-corrected chi connectivity index (χ3v) is 5.27. The molecular weight excluding hydrogens is 348 g/mol. The minimum atomic E-state index is 0.167. The van der Waals surface area contributed by atoms with Crippen LogP contribution in [0.25, 0.3) is 43.1 Å². The van der Waals surface area contributed by atoms with E-state index in [4.69, 9.17) is 0 Å². The van der Waals surface area contributed by atoms with Gasteiger partial charge in [0, 0.05) is 10.8 Å². The molecule has 0 fully saturated rings. The standard InChI is InChI=1S/C24H12N2O2/c25-11-21-19-5-1-13-9-15(27)3-7-17(13)23(19)24-18-8-4-16(28)10-14(18)2-6-20(24)22(21)12-26/h1-10,27-28H. The van der Waals surface area contributed by atoms with Crippen LogP contribution >= 0.6 is 0 Å². The Balaban J connectivity index is 2.21. The molecule has 0 bridgehead atoms. The maximum Gasteiger partial charge on any atom is 0.116 e. The van der Waals surface area contributed by atoms with Crippen molar-refractivity contribution in [1.82, 2.24) is 0 Å². The van der Waals surface area contributed by atoms with Gasteiger partial charge in [0.2, 0.25) is 0 Å². The Morgan fingerprint density at radius 1 is 0.536 bits per heavy atom. The quantitative estimate of drug-likeness (QED) is 0.359. The van der Waals surface area contributed by atoms with Crippen molar-refractivity contribution in [3.05, 3.63) is 71.8 Å². The SMILES string of the molecule is N#Cc1c(C#N)c2ccc3cc(O)ccc3c2c2c1ccc1cc(O)ccc12. The molecule has 0 spiro atoms. The number of fused-ring (bicyclic) bond motifs is 7. The molecule has 0 heterocycles. The molecule has 0 saturated heterocycles. The lowest BCUT2D eigenvalue weighted by molar-refractivity contribution is 0.475. The third-order valence-electron chi connectivity index (χ3n) is 5.27. The summed E-state index contributed by atoms with van der Waals surface area (Å²) < 4.78 is 0. The van der Waals surface area contributed by atoms with E-state index >= 15 is 0 Å². The fraction of sp³-hybridized carbons (Fsp3) is 0. The highest BCUT2D eigenvalue weighted by atomic mass is 16.3. The van der Waals surface area contributed by atoms with Gasteiger partial charge in [-0.25, -0.2) is 0 Å². The highest BCUT2D eigenvalue weighted by molar-refractivity contribution is 6.29. The molecule has 4 nitrogen and oxygen atoms in total. The number of phenols is 2. The van der Waals surface area contributed by atoms with E-state index in [0.717, 1.165) is 32.3 Å². The molecule has 4 heteroatoms. The Morgan fingerprint density at radius 2 is 0.929 bits per heavy atom. The van der Waals surface area contributed by atoms with E-state index in [1.807, 2.05) is 36.4 Å². The van der Waals surface area contributed by atoms with Gasteiger partial charge in [0.15, 0.2) is 0 Å². The molecule has 0 aliphatic heterocycles. The van der Waals surface area contributed by atoms with E-state index in [2.05, 4.69) is 12.1 Å². The van der Waals surface area contributed by atoms with E-state index in [1.54, 1.807) is 24.3 Å². The van der Waals surface area contributed by atoms with Crippen molar-refractivity contribution < 1.29 is 10.2 Å². The normalized spacial score (nSPS) is 11.1. The predicted octanol–water partition coefficient (Wildman–Crippen LogP) is 5.45. The van der Waals surface area contributed by atoms with Crippen molar-refractivity contribution in [2.45, 2.75) is 0 Å². The van der Waals surface area contributed by atoms with Gasteiger partial charge in [-0.2, -0.15) is 10.5 Å². The smallest absolute Gasteiger partial charge is 0.116 e. The molecule has 0 unspecified atom stereocenters. The Hall–Kier alpha value is -4.28. The van der Waals surface area contributed by atoms with Crippen LogP contribution in [0.15, 0.2) is 60.7 Å². The van der Waals surface area contributed by atoms with Gasteiger partial charge in [0.1, 0.15) is 23.6 Å². The summed E-state index contributed by atoms with van der Waals surface area (Å²) in [6.07, 6.45) is 0. The summed E-state index contributed by atoms with van der Waals surface area (Å²) in [5, 5.41) is 45.9. The van der Waals surface area contributed by atoms with Crippen LogP contribution in [0, 0.1) is 22.7 Å². The molecule has 0 atom stereocenters. The maximum atomic E-state index is 9.88. The zero-order valence-corrected chi connectivity index (χ0v) is 14.6. The van der Waals surface area contributed by atoms with E-state index in [-0.39, 0.29) is 11.5 Å². The fourth-order valence-corrected chi connectivity index (χ4v) is 4.09. The van der Waals surface area contributed by atoms with Gasteiger partial charge < -0.3 is 10.2 Å². The molecule has 5 rings (SSSR count). The van der Waals surface area contributed by atoms with Gasteiger partial charge in [-0.15, -0.1) is 0 Å². The van der Waals surface area contributed by atoms with Gasteiger partial charge in [-0.05, 0) is 56.6 Å². The second-order valence-electron chi connectivity index (χ2n) is 6.76. The first-order valence-corrected chi connectivity index (χ1v) is 8.69. The largest absolute Gasteiger partial charge is 0.508 e. The van der Waals surface area contributed by atoms with Crippen LogP contribution in [0.4, 0.5) is 0 Å². The summed E-state index contributed by atoms with van der Waals surface area (Å²) in [6.45, 7) is 0. The lowest BCUT2D eigenvalue weighted by Gasteiger charge is -2.14. The highest BCUT2D eigenvalue weighted by Crippen LogP contribution is 2.41. The Morgan fingerprint density at radius 3 is 1.32 bits per heavy atom. The highest BCUT2D eigenvalue weighted by Gasteiger charge is 2.18.